The molecule has 5 nitrogen and oxygen atoms in total. The third-order valence-electron chi connectivity index (χ3n) is 3.99. The predicted molar refractivity (Wildman–Crippen MR) is 70.7 cm³/mol. The van der Waals surface area contributed by atoms with Gasteiger partial charge in [-0.2, -0.15) is 0 Å². The summed E-state index contributed by atoms with van der Waals surface area (Å²) >= 11 is 0. The van der Waals surface area contributed by atoms with E-state index in [1.807, 2.05) is 0 Å². The van der Waals surface area contributed by atoms with E-state index in [0.717, 1.165) is 12.1 Å². The molecular formula is C13H19N3O2. The molecule has 2 heterocycles. The summed E-state index contributed by atoms with van der Waals surface area (Å²) in [5.41, 5.74) is 0.979. The van der Waals surface area contributed by atoms with Gasteiger partial charge in [-0.3, -0.25) is 0 Å². The summed E-state index contributed by atoms with van der Waals surface area (Å²) in [5, 5.41) is 10.6. The van der Waals surface area contributed by atoms with E-state index in [1.54, 1.807) is 12.3 Å². The molecule has 3 atom stereocenters. The quantitative estimate of drug-likeness (QED) is 0.597. The van der Waals surface area contributed by atoms with Gasteiger partial charge in [0.2, 0.25) is 0 Å². The van der Waals surface area contributed by atoms with Gasteiger partial charge in [0.1, 0.15) is 0 Å². The summed E-state index contributed by atoms with van der Waals surface area (Å²) in [6, 6.07) is 4.18. The second kappa shape index (κ2) is 4.92. The lowest BCUT2D eigenvalue weighted by molar-refractivity contribution is -0.389. The Morgan fingerprint density at radius 1 is 1.33 bits per heavy atom. The van der Waals surface area contributed by atoms with E-state index < -0.39 is 4.92 Å². The average molecular weight is 249 g/mol. The standard InChI is InChI=1S/C13H19N3O2/c1-9-4-5-10(2)15(11(9)3)12-6-7-13(14-8-12)16(17)18/h6-11H,4-5H2,1-3H3/t9-,10+,11-/m1/s1. The van der Waals surface area contributed by atoms with Gasteiger partial charge in [-0.15, -0.1) is 0 Å². The molecule has 1 fully saturated rings. The Bertz CT molecular complexity index is 432. The minimum Gasteiger partial charge on any atom is -0.363 e. The third kappa shape index (κ3) is 2.30. The van der Waals surface area contributed by atoms with Crippen LogP contribution in [0.2, 0.25) is 0 Å². The van der Waals surface area contributed by atoms with Crippen LogP contribution in [0.1, 0.15) is 33.6 Å². The number of anilines is 1. The van der Waals surface area contributed by atoms with Gasteiger partial charge in [-0.05, 0) is 48.6 Å². The van der Waals surface area contributed by atoms with Crippen LogP contribution >= 0.6 is 0 Å². The zero-order valence-corrected chi connectivity index (χ0v) is 11.0. The number of rotatable bonds is 2. The van der Waals surface area contributed by atoms with E-state index in [4.69, 9.17) is 0 Å². The highest BCUT2D eigenvalue weighted by atomic mass is 16.6. The largest absolute Gasteiger partial charge is 0.363 e. The van der Waals surface area contributed by atoms with Crippen molar-refractivity contribution in [3.63, 3.8) is 0 Å². The lowest BCUT2D eigenvalue weighted by atomic mass is 9.88. The molecule has 5 heteroatoms. The first-order valence-corrected chi connectivity index (χ1v) is 6.39. The van der Waals surface area contributed by atoms with Crippen molar-refractivity contribution in [3.8, 4) is 0 Å². The van der Waals surface area contributed by atoms with Crippen LogP contribution in [0.15, 0.2) is 18.3 Å². The molecule has 1 aromatic heterocycles. The van der Waals surface area contributed by atoms with Gasteiger partial charge in [0.05, 0.1) is 5.69 Å². The SMILES string of the molecule is C[C@@H]1CC[C@H](C)N(c2ccc([N+](=O)[O-])nc2)[C@@H]1C. The van der Waals surface area contributed by atoms with Crippen molar-refractivity contribution in [1.82, 2.24) is 4.98 Å². The molecule has 0 aromatic carbocycles. The lowest BCUT2D eigenvalue weighted by Gasteiger charge is -2.43. The summed E-state index contributed by atoms with van der Waals surface area (Å²) in [5.74, 6) is 0.542. The summed E-state index contributed by atoms with van der Waals surface area (Å²) in [6.07, 6.45) is 4.00. The van der Waals surface area contributed by atoms with Gasteiger partial charge in [-0.1, -0.05) is 6.92 Å². The maximum absolute atomic E-state index is 10.6. The zero-order chi connectivity index (χ0) is 13.3. The summed E-state index contributed by atoms with van der Waals surface area (Å²) in [7, 11) is 0. The van der Waals surface area contributed by atoms with E-state index in [2.05, 4.69) is 30.7 Å². The van der Waals surface area contributed by atoms with Crippen molar-refractivity contribution in [2.45, 2.75) is 45.7 Å². The van der Waals surface area contributed by atoms with Crippen molar-refractivity contribution in [2.24, 2.45) is 5.92 Å². The normalized spacial score (nSPS) is 28.2. The van der Waals surface area contributed by atoms with Crippen molar-refractivity contribution in [1.29, 1.82) is 0 Å². The fourth-order valence-corrected chi connectivity index (χ4v) is 2.69. The monoisotopic (exact) mass is 249 g/mol. The molecule has 1 saturated heterocycles. The molecule has 0 aliphatic carbocycles. The first kappa shape index (κ1) is 12.8. The molecule has 0 saturated carbocycles. The van der Waals surface area contributed by atoms with Crippen LogP contribution in [-0.4, -0.2) is 22.0 Å². The molecule has 98 valence electrons. The molecule has 0 spiro atoms. The second-order valence-electron chi connectivity index (χ2n) is 5.18. The number of pyridine rings is 1. The summed E-state index contributed by atoms with van der Waals surface area (Å²) in [4.78, 5) is 16.4. The highest BCUT2D eigenvalue weighted by Gasteiger charge is 2.30. The van der Waals surface area contributed by atoms with Crippen molar-refractivity contribution in [2.75, 3.05) is 4.90 Å². The van der Waals surface area contributed by atoms with Crippen LogP contribution < -0.4 is 4.90 Å². The molecule has 0 unspecified atom stereocenters. The van der Waals surface area contributed by atoms with Gasteiger partial charge < -0.3 is 15.0 Å². The van der Waals surface area contributed by atoms with Crippen LogP contribution in [0.25, 0.3) is 0 Å². The molecule has 1 aliphatic rings. The topological polar surface area (TPSA) is 59.3 Å². The molecule has 1 aromatic rings. The number of aromatic nitrogens is 1. The number of hydrogen-bond acceptors (Lipinski definition) is 4. The summed E-state index contributed by atoms with van der Waals surface area (Å²) < 4.78 is 0. The van der Waals surface area contributed by atoms with E-state index in [-0.39, 0.29) is 5.82 Å². The van der Waals surface area contributed by atoms with Gasteiger partial charge in [0, 0.05) is 18.2 Å². The molecule has 0 radical (unpaired) electrons. The van der Waals surface area contributed by atoms with Gasteiger partial charge in [-0.25, -0.2) is 0 Å². The molecule has 0 bridgehead atoms. The smallest absolute Gasteiger partial charge is 0.363 e. The van der Waals surface area contributed by atoms with Gasteiger partial charge >= 0.3 is 5.82 Å². The van der Waals surface area contributed by atoms with Crippen LogP contribution in [0, 0.1) is 16.0 Å². The minimum atomic E-state index is -0.463. The second-order valence-corrected chi connectivity index (χ2v) is 5.18. The predicted octanol–water partition coefficient (Wildman–Crippen LogP) is 3.00. The molecule has 0 amide bonds. The highest BCUT2D eigenvalue weighted by molar-refractivity contribution is 5.49. The highest BCUT2D eigenvalue weighted by Crippen LogP contribution is 2.32. The van der Waals surface area contributed by atoms with Crippen LogP contribution in [0.3, 0.4) is 0 Å². The Balaban J connectivity index is 2.26. The van der Waals surface area contributed by atoms with Crippen LogP contribution in [0.5, 0.6) is 0 Å². The Hall–Kier alpha value is -1.65. The number of piperidine rings is 1. The maximum atomic E-state index is 10.6. The van der Waals surface area contributed by atoms with Crippen molar-refractivity contribution >= 4 is 11.5 Å². The van der Waals surface area contributed by atoms with E-state index in [9.17, 15) is 10.1 Å². The average Bonchev–Trinajstić information content (AvgIpc) is 2.35. The van der Waals surface area contributed by atoms with Crippen LogP contribution in [-0.2, 0) is 0 Å². The van der Waals surface area contributed by atoms with E-state index in [1.165, 1.54) is 12.5 Å². The molecule has 18 heavy (non-hydrogen) atoms. The Labute approximate surface area is 107 Å². The third-order valence-corrected chi connectivity index (χ3v) is 3.99. The van der Waals surface area contributed by atoms with Crippen molar-refractivity contribution < 1.29 is 4.92 Å². The first-order chi connectivity index (χ1) is 8.50. The van der Waals surface area contributed by atoms with E-state index >= 15 is 0 Å². The number of nitrogens with zero attached hydrogens (tertiary/aromatic N) is 3. The maximum Gasteiger partial charge on any atom is 0.363 e. The fourth-order valence-electron chi connectivity index (χ4n) is 2.69. The number of hydrogen-bond donors (Lipinski definition) is 0. The zero-order valence-electron chi connectivity index (χ0n) is 11.0. The van der Waals surface area contributed by atoms with Crippen molar-refractivity contribution in [3.05, 3.63) is 28.4 Å². The first-order valence-electron chi connectivity index (χ1n) is 6.39. The molecule has 1 aliphatic heterocycles. The lowest BCUT2D eigenvalue weighted by Crippen LogP contribution is -2.47. The number of nitro groups is 1. The van der Waals surface area contributed by atoms with Crippen LogP contribution in [0.4, 0.5) is 11.5 Å². The minimum absolute atomic E-state index is 0.0934. The fraction of sp³-hybridized carbons (Fsp3) is 0.615. The van der Waals surface area contributed by atoms with Gasteiger partial charge in [0.25, 0.3) is 0 Å². The van der Waals surface area contributed by atoms with Gasteiger partial charge in [0.15, 0.2) is 6.20 Å². The molecule has 2 rings (SSSR count). The van der Waals surface area contributed by atoms with E-state index in [0.29, 0.717) is 18.0 Å². The Morgan fingerprint density at radius 3 is 2.61 bits per heavy atom. The Morgan fingerprint density at radius 2 is 2.06 bits per heavy atom. The molecular weight excluding hydrogens is 230 g/mol. The Kier molecular flexibility index (Phi) is 3.50. The summed E-state index contributed by atoms with van der Waals surface area (Å²) in [6.45, 7) is 6.66. The molecule has 0 N–H and O–H groups in total.